The van der Waals surface area contributed by atoms with Gasteiger partial charge in [0.1, 0.15) is 0 Å². The quantitative estimate of drug-likeness (QED) is 0.250. The fourth-order valence-electron chi connectivity index (χ4n) is 4.15. The van der Waals surface area contributed by atoms with Crippen molar-refractivity contribution in [2.24, 2.45) is 0 Å². The highest BCUT2D eigenvalue weighted by Crippen LogP contribution is 2.34. The average molecular weight is 488 g/mol. The molecule has 0 fully saturated rings. The van der Waals surface area contributed by atoms with Crippen LogP contribution in [0.2, 0.25) is 0 Å². The van der Waals surface area contributed by atoms with Gasteiger partial charge in [0.25, 0.3) is 0 Å². The number of carbonyl (C=O) groups is 1. The van der Waals surface area contributed by atoms with E-state index in [0.717, 1.165) is 50.3 Å². The van der Waals surface area contributed by atoms with E-state index < -0.39 is 5.97 Å². The minimum atomic E-state index is -0.861. The Morgan fingerprint density at radius 1 is 0.892 bits per heavy atom. The molecule has 0 radical (unpaired) electrons. The molecule has 4 aromatic rings. The summed E-state index contributed by atoms with van der Waals surface area (Å²) in [6.07, 6.45) is 11.5. The molecular formula is C32H29N3O2. The van der Waals surface area contributed by atoms with Crippen molar-refractivity contribution in [3.63, 3.8) is 0 Å². The topological polar surface area (TPSA) is 76.0 Å². The van der Waals surface area contributed by atoms with Crippen molar-refractivity contribution in [2.75, 3.05) is 0 Å². The number of allylic oxidation sites excluding steroid dienone is 5. The van der Waals surface area contributed by atoms with Gasteiger partial charge in [-0.3, -0.25) is 9.78 Å². The number of carboxylic acid groups (broad SMARTS) is 1. The predicted molar refractivity (Wildman–Crippen MR) is 150 cm³/mol. The summed E-state index contributed by atoms with van der Waals surface area (Å²) >= 11 is 0. The minimum Gasteiger partial charge on any atom is -0.481 e. The van der Waals surface area contributed by atoms with Crippen LogP contribution in [-0.4, -0.2) is 26.0 Å². The van der Waals surface area contributed by atoms with E-state index in [9.17, 15) is 9.90 Å². The van der Waals surface area contributed by atoms with Gasteiger partial charge in [0.05, 0.1) is 11.4 Å². The smallest absolute Gasteiger partial charge is 0.303 e. The van der Waals surface area contributed by atoms with E-state index >= 15 is 0 Å². The molecule has 4 rings (SSSR count). The highest BCUT2D eigenvalue weighted by atomic mass is 16.4. The number of aryl methyl sites for hydroxylation is 1. The third kappa shape index (κ3) is 6.14. The monoisotopic (exact) mass is 487 g/mol. The Hall–Kier alpha value is -4.64. The second-order valence-corrected chi connectivity index (χ2v) is 8.65. The molecule has 184 valence electrons. The van der Waals surface area contributed by atoms with E-state index in [1.54, 1.807) is 18.5 Å². The lowest BCUT2D eigenvalue weighted by molar-refractivity contribution is -0.136. The van der Waals surface area contributed by atoms with Crippen LogP contribution in [0.1, 0.15) is 30.0 Å². The van der Waals surface area contributed by atoms with Gasteiger partial charge in [-0.1, -0.05) is 85.0 Å². The molecule has 0 saturated carbocycles. The molecule has 2 aromatic carbocycles. The summed E-state index contributed by atoms with van der Waals surface area (Å²) in [6, 6.07) is 20.0. The summed E-state index contributed by atoms with van der Waals surface area (Å²) in [5.41, 5.74) is 8.18. The van der Waals surface area contributed by atoms with E-state index in [4.69, 9.17) is 9.97 Å². The second kappa shape index (κ2) is 11.9. The van der Waals surface area contributed by atoms with Gasteiger partial charge in [-0.15, -0.1) is 0 Å². The molecule has 1 N–H and O–H groups in total. The number of nitrogens with zero attached hydrogens (tertiary/aromatic N) is 3. The lowest BCUT2D eigenvalue weighted by atomic mass is 9.94. The van der Waals surface area contributed by atoms with Crippen LogP contribution in [0.3, 0.4) is 0 Å². The number of rotatable bonds is 9. The van der Waals surface area contributed by atoms with E-state index in [2.05, 4.69) is 11.6 Å². The predicted octanol–water partition coefficient (Wildman–Crippen LogP) is 7.34. The molecule has 0 atom stereocenters. The summed E-state index contributed by atoms with van der Waals surface area (Å²) in [6.45, 7) is 7.84. The molecule has 0 aliphatic carbocycles. The van der Waals surface area contributed by atoms with Gasteiger partial charge < -0.3 is 5.11 Å². The Labute approximate surface area is 217 Å². The number of benzene rings is 2. The Balaban J connectivity index is 1.94. The van der Waals surface area contributed by atoms with E-state index in [-0.39, 0.29) is 6.42 Å². The van der Waals surface area contributed by atoms with Crippen LogP contribution in [0.15, 0.2) is 104 Å². The van der Waals surface area contributed by atoms with Crippen molar-refractivity contribution < 1.29 is 9.90 Å². The summed E-state index contributed by atoms with van der Waals surface area (Å²) in [4.78, 5) is 25.6. The molecule has 5 heteroatoms. The SMILES string of the molecule is C=C/C=C(\C=C/C)c1ccc(-c2nc(-c3ccncc3)nc(-c3ccc(C)cc3)c2CCC(=O)O)cc1. The zero-order valence-corrected chi connectivity index (χ0v) is 21.1. The van der Waals surface area contributed by atoms with Gasteiger partial charge in [-0.05, 0) is 43.5 Å². The largest absolute Gasteiger partial charge is 0.481 e. The Morgan fingerprint density at radius 2 is 1.49 bits per heavy atom. The fourth-order valence-corrected chi connectivity index (χ4v) is 4.15. The van der Waals surface area contributed by atoms with Crippen molar-refractivity contribution in [3.05, 3.63) is 121 Å². The fraction of sp³-hybridized carbons (Fsp3) is 0.125. The summed E-state index contributed by atoms with van der Waals surface area (Å²) < 4.78 is 0. The van der Waals surface area contributed by atoms with Crippen molar-refractivity contribution in [3.8, 4) is 33.9 Å². The van der Waals surface area contributed by atoms with Crippen LogP contribution < -0.4 is 0 Å². The maximum atomic E-state index is 11.6. The number of carboxylic acids is 1. The standard InChI is InChI=1S/C32H29N3O2/c1-4-6-23(7-5-2)24-12-14-26(15-13-24)31-28(16-17-29(36)37)30(25-10-8-22(3)9-11-25)34-32(35-31)27-18-20-33-21-19-27/h4-15,18-21H,1,16-17H2,2-3H3,(H,36,37)/b7-5-,23-6+. The zero-order valence-electron chi connectivity index (χ0n) is 21.1. The molecule has 0 saturated heterocycles. The minimum absolute atomic E-state index is 0.0184. The molecule has 0 amide bonds. The van der Waals surface area contributed by atoms with Gasteiger partial charge in [-0.2, -0.15) is 0 Å². The molecule has 5 nitrogen and oxygen atoms in total. The Kier molecular flexibility index (Phi) is 8.16. The number of aliphatic carboxylic acids is 1. The third-order valence-electron chi connectivity index (χ3n) is 5.99. The van der Waals surface area contributed by atoms with Crippen LogP contribution in [-0.2, 0) is 11.2 Å². The number of aromatic nitrogens is 3. The molecule has 2 aromatic heterocycles. The van der Waals surface area contributed by atoms with Gasteiger partial charge >= 0.3 is 5.97 Å². The van der Waals surface area contributed by atoms with Crippen LogP contribution in [0, 0.1) is 6.92 Å². The van der Waals surface area contributed by atoms with E-state index in [1.165, 1.54) is 0 Å². The first-order chi connectivity index (χ1) is 18.0. The molecule has 0 bridgehead atoms. The van der Waals surface area contributed by atoms with Crippen LogP contribution >= 0.6 is 0 Å². The maximum absolute atomic E-state index is 11.6. The molecule has 0 aliphatic rings. The highest BCUT2D eigenvalue weighted by Gasteiger charge is 2.19. The Bertz CT molecular complexity index is 1450. The lowest BCUT2D eigenvalue weighted by Crippen LogP contribution is -2.06. The molecule has 37 heavy (non-hydrogen) atoms. The highest BCUT2D eigenvalue weighted by molar-refractivity contribution is 5.80. The van der Waals surface area contributed by atoms with Gasteiger partial charge in [0, 0.05) is 41.1 Å². The first-order valence-electron chi connectivity index (χ1n) is 12.2. The van der Waals surface area contributed by atoms with Crippen LogP contribution in [0.25, 0.3) is 39.5 Å². The van der Waals surface area contributed by atoms with Crippen molar-refractivity contribution in [2.45, 2.75) is 26.7 Å². The number of pyridine rings is 1. The first-order valence-corrected chi connectivity index (χ1v) is 12.2. The summed E-state index contributed by atoms with van der Waals surface area (Å²) in [7, 11) is 0. The van der Waals surface area contributed by atoms with Crippen molar-refractivity contribution >= 4 is 11.5 Å². The average Bonchev–Trinajstić information content (AvgIpc) is 2.92. The number of hydrogen-bond donors (Lipinski definition) is 1. The second-order valence-electron chi connectivity index (χ2n) is 8.65. The van der Waals surface area contributed by atoms with Gasteiger partial charge in [0.15, 0.2) is 5.82 Å². The molecule has 0 unspecified atom stereocenters. The molecule has 0 spiro atoms. The van der Waals surface area contributed by atoms with E-state index in [0.29, 0.717) is 12.2 Å². The summed E-state index contributed by atoms with van der Waals surface area (Å²) in [5, 5.41) is 9.50. The van der Waals surface area contributed by atoms with Crippen molar-refractivity contribution in [1.82, 2.24) is 15.0 Å². The normalized spacial score (nSPS) is 11.6. The van der Waals surface area contributed by atoms with Crippen LogP contribution in [0.5, 0.6) is 0 Å². The lowest BCUT2D eigenvalue weighted by Gasteiger charge is -2.16. The molecular weight excluding hydrogens is 458 g/mol. The number of hydrogen-bond acceptors (Lipinski definition) is 4. The zero-order chi connectivity index (χ0) is 26.2. The molecule has 0 aliphatic heterocycles. The first kappa shape index (κ1) is 25.5. The van der Waals surface area contributed by atoms with Gasteiger partial charge in [0.2, 0.25) is 0 Å². The maximum Gasteiger partial charge on any atom is 0.303 e. The Morgan fingerprint density at radius 3 is 2.03 bits per heavy atom. The third-order valence-corrected chi connectivity index (χ3v) is 5.99. The van der Waals surface area contributed by atoms with E-state index in [1.807, 2.05) is 92.7 Å². The van der Waals surface area contributed by atoms with Crippen LogP contribution in [0.4, 0.5) is 0 Å². The molecule has 2 heterocycles. The van der Waals surface area contributed by atoms with Crippen molar-refractivity contribution in [1.29, 1.82) is 0 Å². The summed E-state index contributed by atoms with van der Waals surface area (Å²) in [5.74, 6) is -0.294. The van der Waals surface area contributed by atoms with Gasteiger partial charge in [-0.25, -0.2) is 9.97 Å².